The summed E-state index contributed by atoms with van der Waals surface area (Å²) in [5.74, 6) is 0.545. The van der Waals surface area contributed by atoms with Crippen LogP contribution >= 0.6 is 11.6 Å². The van der Waals surface area contributed by atoms with Gasteiger partial charge in [-0.15, -0.1) is 0 Å². The van der Waals surface area contributed by atoms with E-state index < -0.39 is 5.97 Å². The van der Waals surface area contributed by atoms with Crippen LogP contribution in [0.2, 0.25) is 5.15 Å². The minimum atomic E-state index is -0.610. The van der Waals surface area contributed by atoms with Crippen LogP contribution in [-0.4, -0.2) is 32.5 Å². The van der Waals surface area contributed by atoms with E-state index >= 15 is 0 Å². The molecule has 0 N–H and O–H groups in total. The van der Waals surface area contributed by atoms with Gasteiger partial charge < -0.3 is 14.0 Å². The van der Waals surface area contributed by atoms with E-state index in [9.17, 15) is 4.79 Å². The van der Waals surface area contributed by atoms with Crippen LogP contribution in [0.25, 0.3) is 11.4 Å². The molecule has 0 aliphatic heterocycles. The Labute approximate surface area is 189 Å². The van der Waals surface area contributed by atoms with Gasteiger partial charge in [0.1, 0.15) is 16.5 Å². The number of para-hydroxylation sites is 1. The second-order valence-corrected chi connectivity index (χ2v) is 7.27. The number of rotatable bonds is 8. The summed E-state index contributed by atoms with van der Waals surface area (Å²) in [6, 6.07) is 17.1. The second-order valence-electron chi connectivity index (χ2n) is 6.91. The van der Waals surface area contributed by atoms with E-state index in [1.165, 1.54) is 0 Å². The number of ether oxygens (including phenoxy) is 2. The highest BCUT2D eigenvalue weighted by atomic mass is 35.5. The Kier molecular flexibility index (Phi) is 6.51. The van der Waals surface area contributed by atoms with Crippen molar-refractivity contribution in [2.24, 2.45) is 0 Å². The first kappa shape index (κ1) is 21.6. The number of halogens is 1. The van der Waals surface area contributed by atoms with E-state index in [0.717, 1.165) is 5.56 Å². The van der Waals surface area contributed by atoms with Crippen LogP contribution in [0.5, 0.6) is 5.75 Å². The zero-order valence-electron chi connectivity index (χ0n) is 17.6. The molecule has 0 amide bonds. The highest BCUT2D eigenvalue weighted by molar-refractivity contribution is 6.32. The van der Waals surface area contributed by atoms with Gasteiger partial charge in [0.2, 0.25) is 5.82 Å². The molecule has 164 valence electrons. The van der Waals surface area contributed by atoms with E-state index in [1.54, 1.807) is 11.6 Å². The first-order valence-corrected chi connectivity index (χ1v) is 10.4. The molecule has 0 unspecified atom stereocenters. The number of hydrogen-bond donors (Lipinski definition) is 0. The summed E-state index contributed by atoms with van der Waals surface area (Å²) in [6.07, 6.45) is 0. The lowest BCUT2D eigenvalue weighted by atomic mass is 10.2. The fraction of sp³-hybridized carbons (Fsp3) is 0.217. The van der Waals surface area contributed by atoms with Gasteiger partial charge in [-0.3, -0.25) is 0 Å². The van der Waals surface area contributed by atoms with Crippen LogP contribution in [0.3, 0.4) is 0 Å². The lowest BCUT2D eigenvalue weighted by Gasteiger charge is -2.06. The lowest BCUT2D eigenvalue weighted by molar-refractivity contribution is 0.0429. The van der Waals surface area contributed by atoms with E-state index in [2.05, 4.69) is 15.2 Å². The van der Waals surface area contributed by atoms with Gasteiger partial charge in [-0.25, -0.2) is 9.48 Å². The number of carbonyl (C=O) groups is 1. The van der Waals surface area contributed by atoms with Gasteiger partial charge in [-0.05, 0) is 31.5 Å². The molecule has 2 aromatic heterocycles. The standard InChI is InChI=1S/C23H21ClN4O4/c1-3-30-18-12-8-7-11-17(18)22-25-19(32-27-22)14-31-23(29)20-15(2)26-28(21(20)24)13-16-9-5-4-6-10-16/h4-12H,3,13-14H2,1-2H3. The van der Waals surface area contributed by atoms with Crippen LogP contribution in [0, 0.1) is 6.92 Å². The fourth-order valence-corrected chi connectivity index (χ4v) is 3.51. The molecule has 2 heterocycles. The lowest BCUT2D eigenvalue weighted by Crippen LogP contribution is -2.07. The number of benzene rings is 2. The molecule has 0 aliphatic carbocycles. The monoisotopic (exact) mass is 452 g/mol. The number of hydrogen-bond acceptors (Lipinski definition) is 7. The average molecular weight is 453 g/mol. The van der Waals surface area contributed by atoms with Crippen molar-refractivity contribution < 1.29 is 18.8 Å². The molecule has 0 spiro atoms. The minimum Gasteiger partial charge on any atom is -0.493 e. The van der Waals surface area contributed by atoms with Gasteiger partial charge in [-0.1, -0.05) is 59.2 Å². The molecule has 4 aromatic rings. The summed E-state index contributed by atoms with van der Waals surface area (Å²) < 4.78 is 17.8. The molecule has 2 aromatic carbocycles. The highest BCUT2D eigenvalue weighted by Gasteiger charge is 2.23. The zero-order valence-corrected chi connectivity index (χ0v) is 18.4. The van der Waals surface area contributed by atoms with Gasteiger partial charge in [0.15, 0.2) is 6.61 Å². The summed E-state index contributed by atoms with van der Waals surface area (Å²) in [5.41, 5.74) is 2.40. The van der Waals surface area contributed by atoms with Crippen LogP contribution in [0.4, 0.5) is 0 Å². The molecular weight excluding hydrogens is 432 g/mol. The first-order chi connectivity index (χ1) is 15.6. The quantitative estimate of drug-likeness (QED) is 0.358. The summed E-state index contributed by atoms with van der Waals surface area (Å²) >= 11 is 6.42. The van der Waals surface area contributed by atoms with Crippen LogP contribution in [0.15, 0.2) is 59.1 Å². The molecule has 0 aliphatic rings. The third-order valence-corrected chi connectivity index (χ3v) is 5.05. The summed E-state index contributed by atoms with van der Waals surface area (Å²) in [6.45, 7) is 4.37. The molecule has 9 heteroatoms. The molecular formula is C23H21ClN4O4. The maximum Gasteiger partial charge on any atom is 0.343 e. The molecule has 4 rings (SSSR count). The Balaban J connectivity index is 1.45. The Morgan fingerprint density at radius 2 is 1.88 bits per heavy atom. The molecule has 0 bridgehead atoms. The molecule has 0 fully saturated rings. The molecule has 8 nitrogen and oxygen atoms in total. The Morgan fingerprint density at radius 3 is 2.66 bits per heavy atom. The maximum atomic E-state index is 12.7. The number of esters is 1. The van der Waals surface area contributed by atoms with Crippen molar-refractivity contribution in [1.82, 2.24) is 19.9 Å². The smallest absolute Gasteiger partial charge is 0.343 e. The number of aromatic nitrogens is 4. The van der Waals surface area contributed by atoms with E-state index in [0.29, 0.717) is 36.0 Å². The zero-order chi connectivity index (χ0) is 22.5. The van der Waals surface area contributed by atoms with Gasteiger partial charge in [-0.2, -0.15) is 10.1 Å². The fourth-order valence-electron chi connectivity index (χ4n) is 3.20. The van der Waals surface area contributed by atoms with Crippen molar-refractivity contribution in [2.45, 2.75) is 27.0 Å². The molecule has 0 saturated carbocycles. The Hall–Kier alpha value is -3.65. The van der Waals surface area contributed by atoms with Crippen molar-refractivity contribution in [2.75, 3.05) is 6.61 Å². The van der Waals surface area contributed by atoms with Crippen LogP contribution in [-0.2, 0) is 17.9 Å². The average Bonchev–Trinajstić information content (AvgIpc) is 3.38. The SMILES string of the molecule is CCOc1ccccc1-c1noc(COC(=O)c2c(C)nn(Cc3ccccc3)c2Cl)n1. The van der Waals surface area contributed by atoms with Crippen molar-refractivity contribution in [3.63, 3.8) is 0 Å². The van der Waals surface area contributed by atoms with Gasteiger partial charge in [0.05, 0.1) is 24.4 Å². The van der Waals surface area contributed by atoms with Crippen molar-refractivity contribution >= 4 is 17.6 Å². The molecule has 32 heavy (non-hydrogen) atoms. The number of nitrogens with zero attached hydrogens (tertiary/aromatic N) is 4. The van der Waals surface area contributed by atoms with Crippen molar-refractivity contribution in [3.8, 4) is 17.1 Å². The van der Waals surface area contributed by atoms with E-state index in [4.69, 9.17) is 25.6 Å². The number of aryl methyl sites for hydroxylation is 1. The Morgan fingerprint density at radius 1 is 1.12 bits per heavy atom. The summed E-state index contributed by atoms with van der Waals surface area (Å²) in [4.78, 5) is 17.0. The summed E-state index contributed by atoms with van der Waals surface area (Å²) in [7, 11) is 0. The second kappa shape index (κ2) is 9.65. The molecule has 0 radical (unpaired) electrons. The number of carbonyl (C=O) groups excluding carboxylic acids is 1. The molecule has 0 atom stereocenters. The summed E-state index contributed by atoms with van der Waals surface area (Å²) in [5, 5.41) is 8.55. The predicted octanol–water partition coefficient (Wildman–Crippen LogP) is 4.70. The van der Waals surface area contributed by atoms with E-state index in [-0.39, 0.29) is 23.2 Å². The third-order valence-electron chi connectivity index (χ3n) is 4.67. The van der Waals surface area contributed by atoms with E-state index in [1.807, 2.05) is 61.5 Å². The molecule has 0 saturated heterocycles. The van der Waals surface area contributed by atoms with Crippen molar-refractivity contribution in [1.29, 1.82) is 0 Å². The topological polar surface area (TPSA) is 92.3 Å². The van der Waals surface area contributed by atoms with Crippen LogP contribution in [0.1, 0.15) is 34.4 Å². The first-order valence-electron chi connectivity index (χ1n) is 10.1. The van der Waals surface area contributed by atoms with Gasteiger partial charge >= 0.3 is 5.97 Å². The van der Waals surface area contributed by atoms with Gasteiger partial charge in [0, 0.05) is 0 Å². The largest absolute Gasteiger partial charge is 0.493 e. The minimum absolute atomic E-state index is 0.158. The Bertz CT molecular complexity index is 1220. The highest BCUT2D eigenvalue weighted by Crippen LogP contribution is 2.28. The normalized spacial score (nSPS) is 10.8. The van der Waals surface area contributed by atoms with Crippen LogP contribution < -0.4 is 4.74 Å². The van der Waals surface area contributed by atoms with Gasteiger partial charge in [0.25, 0.3) is 5.89 Å². The maximum absolute atomic E-state index is 12.7. The predicted molar refractivity (Wildman–Crippen MR) is 118 cm³/mol. The third kappa shape index (κ3) is 4.65. The van der Waals surface area contributed by atoms with Crippen molar-refractivity contribution in [3.05, 3.63) is 82.5 Å².